The van der Waals surface area contributed by atoms with Gasteiger partial charge in [0.05, 0.1) is 18.6 Å². The summed E-state index contributed by atoms with van der Waals surface area (Å²) in [5.74, 6) is -0.311. The molecule has 0 unspecified atom stereocenters. The van der Waals surface area contributed by atoms with Gasteiger partial charge >= 0.3 is 11.9 Å². The van der Waals surface area contributed by atoms with Crippen molar-refractivity contribution < 1.29 is 28.9 Å². The molecule has 1 fully saturated rings. The second-order valence-corrected chi connectivity index (χ2v) is 8.70. The number of carbonyl (C=O) groups is 2. The molecule has 2 aliphatic rings. The van der Waals surface area contributed by atoms with E-state index in [2.05, 4.69) is 12.1 Å². The second kappa shape index (κ2) is 9.14. The van der Waals surface area contributed by atoms with Crippen molar-refractivity contribution in [2.45, 2.75) is 44.8 Å². The number of benzene rings is 3. The molecule has 0 aromatic heterocycles. The molecule has 1 saturated carbocycles. The highest BCUT2D eigenvalue weighted by molar-refractivity contribution is 5.92. The third kappa shape index (κ3) is 4.51. The molecule has 0 amide bonds. The zero-order valence-corrected chi connectivity index (χ0v) is 18.3. The number of rotatable bonds is 6. The summed E-state index contributed by atoms with van der Waals surface area (Å²) in [6.45, 7) is 0.761. The molecule has 0 bridgehead atoms. The monoisotopic (exact) mass is 446 g/mol. The molecule has 170 valence electrons. The van der Waals surface area contributed by atoms with E-state index in [1.54, 1.807) is 0 Å². The molecule has 1 aliphatic carbocycles. The van der Waals surface area contributed by atoms with E-state index in [4.69, 9.17) is 14.2 Å². The number of fused-ring (bicyclic) bond motifs is 2. The van der Waals surface area contributed by atoms with Crippen LogP contribution in [0.5, 0.6) is 11.5 Å². The Kier molecular flexibility index (Phi) is 5.90. The normalized spacial score (nSPS) is 19.5. The Morgan fingerprint density at radius 3 is 2.61 bits per heavy atom. The van der Waals surface area contributed by atoms with Gasteiger partial charge in [0.25, 0.3) is 0 Å². The van der Waals surface area contributed by atoms with E-state index in [1.807, 2.05) is 36.4 Å². The maximum Gasteiger partial charge on any atom is 0.339 e. The van der Waals surface area contributed by atoms with Crippen molar-refractivity contribution in [3.63, 3.8) is 0 Å². The van der Waals surface area contributed by atoms with E-state index in [0.717, 1.165) is 34.7 Å². The number of carbonyl (C=O) groups excluding carboxylic acids is 1. The van der Waals surface area contributed by atoms with Crippen LogP contribution in [-0.4, -0.2) is 29.8 Å². The van der Waals surface area contributed by atoms with Crippen molar-refractivity contribution in [1.82, 2.24) is 0 Å². The Morgan fingerprint density at radius 2 is 1.79 bits per heavy atom. The number of aromatic carboxylic acids is 1. The van der Waals surface area contributed by atoms with Crippen molar-refractivity contribution in [3.05, 3.63) is 71.3 Å². The van der Waals surface area contributed by atoms with Gasteiger partial charge in [-0.2, -0.15) is 0 Å². The molecule has 6 heteroatoms. The molecule has 1 aliphatic heterocycles. The lowest BCUT2D eigenvalue weighted by Crippen LogP contribution is -2.29. The number of ether oxygens (including phenoxy) is 3. The van der Waals surface area contributed by atoms with Crippen LogP contribution in [0, 0.1) is 5.92 Å². The summed E-state index contributed by atoms with van der Waals surface area (Å²) in [6, 6.07) is 17.5. The Hall–Kier alpha value is -3.54. The number of esters is 1. The average Bonchev–Trinajstić information content (AvgIpc) is 3.31. The minimum atomic E-state index is -1.02. The molecule has 33 heavy (non-hydrogen) atoms. The maximum absolute atomic E-state index is 12.7. The number of carboxylic acid groups (broad SMARTS) is 1. The highest BCUT2D eigenvalue weighted by Gasteiger charge is 2.29. The summed E-state index contributed by atoms with van der Waals surface area (Å²) in [6.07, 6.45) is 3.47. The molecule has 0 atom stereocenters. The van der Waals surface area contributed by atoms with Gasteiger partial charge in [-0.25, -0.2) is 4.79 Å². The van der Waals surface area contributed by atoms with Crippen molar-refractivity contribution in [2.24, 2.45) is 5.92 Å². The third-order valence-electron chi connectivity index (χ3n) is 6.55. The van der Waals surface area contributed by atoms with Gasteiger partial charge in [0.2, 0.25) is 0 Å². The van der Waals surface area contributed by atoms with Crippen LogP contribution < -0.4 is 9.47 Å². The standard InChI is InChI=1S/C27H26O6/c28-26(29)24-15-22(14-19-12-13-31-25(19)24)33-21-10-8-18(9-11-21)27(30)32-16-20-6-3-5-17-4-1-2-7-23(17)20/h1-7,14-15,18,21H,8-13,16H2,(H,28,29). The zero-order chi connectivity index (χ0) is 22.8. The van der Waals surface area contributed by atoms with Gasteiger partial charge in [0.1, 0.15) is 23.7 Å². The zero-order valence-electron chi connectivity index (χ0n) is 18.3. The molecule has 3 aromatic rings. The Morgan fingerprint density at radius 1 is 1.00 bits per heavy atom. The van der Waals surface area contributed by atoms with Crippen molar-refractivity contribution >= 4 is 22.7 Å². The number of hydrogen-bond donors (Lipinski definition) is 1. The van der Waals surface area contributed by atoms with Crippen molar-refractivity contribution in [1.29, 1.82) is 0 Å². The molecule has 0 radical (unpaired) electrons. The lowest BCUT2D eigenvalue weighted by molar-refractivity contribution is -0.151. The van der Waals surface area contributed by atoms with E-state index in [-0.39, 0.29) is 30.2 Å². The van der Waals surface area contributed by atoms with Gasteiger partial charge in [-0.3, -0.25) is 4.79 Å². The first kappa shape index (κ1) is 21.3. The summed E-state index contributed by atoms with van der Waals surface area (Å²) >= 11 is 0. The van der Waals surface area contributed by atoms with Crippen LogP contribution in [0.15, 0.2) is 54.6 Å². The van der Waals surface area contributed by atoms with Gasteiger partial charge in [0.15, 0.2) is 0 Å². The Labute approximate surface area is 192 Å². The predicted molar refractivity (Wildman–Crippen MR) is 123 cm³/mol. The summed E-state index contributed by atoms with van der Waals surface area (Å²) in [7, 11) is 0. The molecular weight excluding hydrogens is 420 g/mol. The van der Waals surface area contributed by atoms with E-state index >= 15 is 0 Å². The van der Waals surface area contributed by atoms with E-state index in [1.165, 1.54) is 6.07 Å². The lowest BCUT2D eigenvalue weighted by Gasteiger charge is -2.28. The molecular formula is C27H26O6. The highest BCUT2D eigenvalue weighted by atomic mass is 16.5. The highest BCUT2D eigenvalue weighted by Crippen LogP contribution is 2.36. The van der Waals surface area contributed by atoms with Crippen LogP contribution in [0.3, 0.4) is 0 Å². The minimum Gasteiger partial charge on any atom is -0.492 e. The molecule has 0 saturated heterocycles. The van der Waals surface area contributed by atoms with Crippen LogP contribution in [0.1, 0.15) is 47.2 Å². The van der Waals surface area contributed by atoms with Crippen molar-refractivity contribution in [3.8, 4) is 11.5 Å². The van der Waals surface area contributed by atoms with Gasteiger partial charge < -0.3 is 19.3 Å². The second-order valence-electron chi connectivity index (χ2n) is 8.70. The molecule has 1 heterocycles. The first-order valence-corrected chi connectivity index (χ1v) is 11.4. The molecule has 3 aromatic carbocycles. The molecule has 0 spiro atoms. The van der Waals surface area contributed by atoms with Crippen LogP contribution in [-0.2, 0) is 22.6 Å². The fourth-order valence-corrected chi connectivity index (χ4v) is 4.80. The van der Waals surface area contributed by atoms with Gasteiger partial charge in [-0.05, 0) is 54.2 Å². The van der Waals surface area contributed by atoms with Crippen LogP contribution >= 0.6 is 0 Å². The first-order chi connectivity index (χ1) is 16.1. The fraction of sp³-hybridized carbons (Fsp3) is 0.333. The quantitative estimate of drug-likeness (QED) is 0.527. The maximum atomic E-state index is 12.7. The fourth-order valence-electron chi connectivity index (χ4n) is 4.80. The Bertz CT molecular complexity index is 1190. The first-order valence-electron chi connectivity index (χ1n) is 11.4. The number of carboxylic acids is 1. The third-order valence-corrected chi connectivity index (χ3v) is 6.55. The lowest BCUT2D eigenvalue weighted by atomic mass is 9.87. The summed E-state index contributed by atoms with van der Waals surface area (Å²) in [4.78, 5) is 24.3. The van der Waals surface area contributed by atoms with Gasteiger partial charge in [-0.15, -0.1) is 0 Å². The predicted octanol–water partition coefficient (Wildman–Crippen LogP) is 5.15. The molecule has 5 rings (SSSR count). The van der Waals surface area contributed by atoms with Crippen molar-refractivity contribution in [2.75, 3.05) is 6.61 Å². The van der Waals surface area contributed by atoms with E-state index < -0.39 is 5.97 Å². The summed E-state index contributed by atoms with van der Waals surface area (Å²) in [5.41, 5.74) is 2.02. The summed E-state index contributed by atoms with van der Waals surface area (Å²) in [5, 5.41) is 11.7. The largest absolute Gasteiger partial charge is 0.492 e. The number of hydrogen-bond acceptors (Lipinski definition) is 5. The average molecular weight is 446 g/mol. The van der Waals surface area contributed by atoms with Crippen LogP contribution in [0.2, 0.25) is 0 Å². The summed E-state index contributed by atoms with van der Waals surface area (Å²) < 4.78 is 17.2. The minimum absolute atomic E-state index is 0.0471. The topological polar surface area (TPSA) is 82.1 Å². The van der Waals surface area contributed by atoms with Crippen LogP contribution in [0.4, 0.5) is 0 Å². The van der Waals surface area contributed by atoms with E-state index in [0.29, 0.717) is 37.4 Å². The Balaban J connectivity index is 1.16. The van der Waals surface area contributed by atoms with Gasteiger partial charge in [0, 0.05) is 12.0 Å². The van der Waals surface area contributed by atoms with E-state index in [9.17, 15) is 14.7 Å². The molecule has 6 nitrogen and oxygen atoms in total. The SMILES string of the molecule is O=C(O)c1cc(OC2CCC(C(=O)OCc3cccc4ccccc34)CC2)cc2c1OCC2. The smallest absolute Gasteiger partial charge is 0.339 e. The van der Waals surface area contributed by atoms with Crippen LogP contribution in [0.25, 0.3) is 10.8 Å². The van der Waals surface area contributed by atoms with Gasteiger partial charge in [-0.1, -0.05) is 42.5 Å². The molecule has 1 N–H and O–H groups in total.